The van der Waals surface area contributed by atoms with E-state index >= 15 is 0 Å². The third-order valence-corrected chi connectivity index (χ3v) is 3.93. The second-order valence-electron chi connectivity index (χ2n) is 3.75. The summed E-state index contributed by atoms with van der Waals surface area (Å²) < 4.78 is 7.51. The van der Waals surface area contributed by atoms with Crippen molar-refractivity contribution in [2.24, 2.45) is 0 Å². The van der Waals surface area contributed by atoms with Crippen LogP contribution in [0.5, 0.6) is 0 Å². The van der Waals surface area contributed by atoms with E-state index < -0.39 is 0 Å². The average molecular weight is 407 g/mol. The van der Waals surface area contributed by atoms with Crippen LogP contribution in [0.2, 0.25) is 0 Å². The Kier molecular flexibility index (Phi) is 4.09. The number of hydrogen-bond donors (Lipinski definition) is 1. The monoisotopic (exact) mass is 406 g/mol. The van der Waals surface area contributed by atoms with Crippen molar-refractivity contribution in [1.82, 2.24) is 5.16 Å². The zero-order valence-electron chi connectivity index (χ0n) is 9.34. The Morgan fingerprint density at radius 3 is 2.94 bits per heavy atom. The lowest BCUT2D eigenvalue weighted by atomic mass is 10.1. The maximum Gasteiger partial charge on any atom is 0.173 e. The summed E-state index contributed by atoms with van der Waals surface area (Å²) in [6.07, 6.45) is 1.90. The molecule has 0 unspecified atom stereocenters. The van der Waals surface area contributed by atoms with Crippen molar-refractivity contribution < 1.29 is 4.52 Å². The molecule has 0 aliphatic rings. The molecule has 2 N–H and O–H groups in total. The van der Waals surface area contributed by atoms with Gasteiger partial charge in [-0.25, -0.2) is 0 Å². The van der Waals surface area contributed by atoms with Crippen LogP contribution in [0.15, 0.2) is 27.2 Å². The minimum absolute atomic E-state index is 0.498. The number of aromatic nitrogens is 1. The van der Waals surface area contributed by atoms with E-state index in [-0.39, 0.29) is 0 Å². The fraction of sp³-hybridized carbons (Fsp3) is 0.250. The number of hydrogen-bond acceptors (Lipinski definition) is 3. The lowest BCUT2D eigenvalue weighted by Gasteiger charge is -2.04. The van der Waals surface area contributed by atoms with Crippen LogP contribution in [0.3, 0.4) is 0 Å². The Bertz CT molecular complexity index is 539. The summed E-state index contributed by atoms with van der Waals surface area (Å²) in [5.74, 6) is 1.28. The standard InChI is InChI=1S/C12H12BrIN2O/c1-2-3-8-11(17-16-12(8)15)9-6-7(13)4-5-10(9)14/h4-6H,2-3H2,1H3,(H2,15,16). The fourth-order valence-electron chi connectivity index (χ4n) is 1.70. The van der Waals surface area contributed by atoms with Crippen molar-refractivity contribution in [3.63, 3.8) is 0 Å². The number of anilines is 1. The van der Waals surface area contributed by atoms with Crippen molar-refractivity contribution in [3.05, 3.63) is 31.8 Å². The number of nitrogen functional groups attached to an aromatic ring is 1. The SMILES string of the molecule is CCCc1c(N)noc1-c1cc(Br)ccc1I. The molecule has 0 radical (unpaired) electrons. The van der Waals surface area contributed by atoms with Crippen molar-refractivity contribution >= 4 is 44.3 Å². The van der Waals surface area contributed by atoms with Gasteiger partial charge in [-0.15, -0.1) is 0 Å². The van der Waals surface area contributed by atoms with Gasteiger partial charge >= 0.3 is 0 Å². The molecule has 90 valence electrons. The first-order valence-electron chi connectivity index (χ1n) is 5.33. The van der Waals surface area contributed by atoms with Gasteiger partial charge in [0.25, 0.3) is 0 Å². The third kappa shape index (κ3) is 2.65. The van der Waals surface area contributed by atoms with Gasteiger partial charge in [0.15, 0.2) is 11.6 Å². The molecule has 1 heterocycles. The van der Waals surface area contributed by atoms with Gasteiger partial charge in [0.2, 0.25) is 0 Å². The zero-order valence-corrected chi connectivity index (χ0v) is 13.1. The van der Waals surface area contributed by atoms with Gasteiger partial charge in [0, 0.05) is 19.2 Å². The van der Waals surface area contributed by atoms with Gasteiger partial charge in [0.05, 0.1) is 0 Å². The predicted octanol–water partition coefficient (Wildman–Crippen LogP) is 4.24. The Hall–Kier alpha value is -0.560. The maximum absolute atomic E-state index is 5.83. The molecule has 0 saturated heterocycles. The van der Waals surface area contributed by atoms with Gasteiger partial charge in [-0.05, 0) is 47.2 Å². The van der Waals surface area contributed by atoms with Crippen LogP contribution in [-0.2, 0) is 6.42 Å². The van der Waals surface area contributed by atoms with Crippen LogP contribution in [0.25, 0.3) is 11.3 Å². The molecular weight excluding hydrogens is 395 g/mol. The highest BCUT2D eigenvalue weighted by Crippen LogP contribution is 2.33. The molecule has 1 aromatic heterocycles. The van der Waals surface area contributed by atoms with Crippen LogP contribution >= 0.6 is 38.5 Å². The smallest absolute Gasteiger partial charge is 0.173 e. The first-order chi connectivity index (χ1) is 8.13. The van der Waals surface area contributed by atoms with Gasteiger partial charge in [0.1, 0.15) is 0 Å². The van der Waals surface area contributed by atoms with Crippen LogP contribution in [0, 0.1) is 3.57 Å². The van der Waals surface area contributed by atoms with E-state index in [1.54, 1.807) is 0 Å². The Morgan fingerprint density at radius 2 is 2.24 bits per heavy atom. The highest BCUT2D eigenvalue weighted by molar-refractivity contribution is 14.1. The van der Waals surface area contributed by atoms with Gasteiger partial charge in [-0.2, -0.15) is 0 Å². The van der Waals surface area contributed by atoms with E-state index in [9.17, 15) is 0 Å². The fourth-order valence-corrected chi connectivity index (χ4v) is 2.64. The minimum Gasteiger partial charge on any atom is -0.381 e. The average Bonchev–Trinajstić information content (AvgIpc) is 2.65. The molecule has 0 aliphatic carbocycles. The van der Waals surface area contributed by atoms with Crippen molar-refractivity contribution in [3.8, 4) is 11.3 Å². The molecular formula is C12H12BrIN2O. The predicted molar refractivity (Wildman–Crippen MR) is 80.8 cm³/mol. The van der Waals surface area contributed by atoms with E-state index in [1.165, 1.54) is 0 Å². The largest absolute Gasteiger partial charge is 0.381 e. The summed E-state index contributed by atoms with van der Waals surface area (Å²) in [6, 6.07) is 6.07. The summed E-state index contributed by atoms with van der Waals surface area (Å²) in [7, 11) is 0. The molecule has 0 aliphatic heterocycles. The summed E-state index contributed by atoms with van der Waals surface area (Å²) in [5.41, 5.74) is 7.87. The second-order valence-corrected chi connectivity index (χ2v) is 5.83. The third-order valence-electron chi connectivity index (χ3n) is 2.49. The molecule has 0 atom stereocenters. The molecule has 0 spiro atoms. The number of nitrogens with two attached hydrogens (primary N) is 1. The first kappa shape index (κ1) is 12.9. The van der Waals surface area contributed by atoms with Crippen LogP contribution in [0.1, 0.15) is 18.9 Å². The van der Waals surface area contributed by atoms with Crippen molar-refractivity contribution in [2.75, 3.05) is 5.73 Å². The summed E-state index contributed by atoms with van der Waals surface area (Å²) in [6.45, 7) is 2.11. The topological polar surface area (TPSA) is 52.0 Å². The quantitative estimate of drug-likeness (QED) is 0.775. The van der Waals surface area contributed by atoms with E-state index in [0.29, 0.717) is 5.82 Å². The highest BCUT2D eigenvalue weighted by atomic mass is 127. The molecule has 2 rings (SSSR count). The zero-order chi connectivity index (χ0) is 12.4. The van der Waals surface area contributed by atoms with Gasteiger partial charge in [-0.3, -0.25) is 0 Å². The first-order valence-corrected chi connectivity index (χ1v) is 7.20. The lowest BCUT2D eigenvalue weighted by molar-refractivity contribution is 0.434. The van der Waals surface area contributed by atoms with E-state index in [0.717, 1.165) is 37.8 Å². The number of benzene rings is 1. The molecule has 0 bridgehead atoms. The minimum atomic E-state index is 0.498. The van der Waals surface area contributed by atoms with Crippen LogP contribution in [0.4, 0.5) is 5.82 Å². The number of nitrogens with zero attached hydrogens (tertiary/aromatic N) is 1. The molecule has 0 amide bonds. The molecule has 3 nitrogen and oxygen atoms in total. The lowest BCUT2D eigenvalue weighted by Crippen LogP contribution is -1.93. The normalized spacial score (nSPS) is 10.8. The molecule has 5 heteroatoms. The van der Waals surface area contributed by atoms with Crippen molar-refractivity contribution in [2.45, 2.75) is 19.8 Å². The molecule has 1 aromatic carbocycles. The Morgan fingerprint density at radius 1 is 1.47 bits per heavy atom. The van der Waals surface area contributed by atoms with Gasteiger partial charge < -0.3 is 10.3 Å². The number of rotatable bonds is 3. The summed E-state index contributed by atoms with van der Waals surface area (Å²) in [4.78, 5) is 0. The second kappa shape index (κ2) is 5.39. The Labute approximate surface area is 122 Å². The molecule has 0 saturated carbocycles. The van der Waals surface area contributed by atoms with Crippen LogP contribution in [-0.4, -0.2) is 5.16 Å². The molecule has 2 aromatic rings. The van der Waals surface area contributed by atoms with Crippen molar-refractivity contribution in [1.29, 1.82) is 0 Å². The Balaban J connectivity index is 2.56. The summed E-state index contributed by atoms with van der Waals surface area (Å²) in [5, 5.41) is 3.87. The molecule has 17 heavy (non-hydrogen) atoms. The number of halogens is 2. The van der Waals surface area contributed by atoms with E-state index in [2.05, 4.69) is 50.6 Å². The van der Waals surface area contributed by atoms with E-state index in [1.807, 2.05) is 18.2 Å². The maximum atomic E-state index is 5.83. The summed E-state index contributed by atoms with van der Waals surface area (Å²) >= 11 is 5.75. The van der Waals surface area contributed by atoms with Crippen LogP contribution < -0.4 is 5.73 Å². The highest BCUT2D eigenvalue weighted by Gasteiger charge is 2.17. The molecule has 0 fully saturated rings. The van der Waals surface area contributed by atoms with E-state index in [4.69, 9.17) is 10.3 Å². The van der Waals surface area contributed by atoms with Gasteiger partial charge in [-0.1, -0.05) is 34.4 Å².